The predicted octanol–water partition coefficient (Wildman–Crippen LogP) is 3.48. The van der Waals surface area contributed by atoms with Crippen molar-refractivity contribution in [2.45, 2.75) is 39.7 Å². The van der Waals surface area contributed by atoms with E-state index in [1.54, 1.807) is 0 Å². The summed E-state index contributed by atoms with van der Waals surface area (Å²) in [4.78, 5) is 4.39. The fourth-order valence-corrected chi connectivity index (χ4v) is 1.67. The first-order valence-corrected chi connectivity index (χ1v) is 6.82. The lowest BCUT2D eigenvalue weighted by atomic mass is 10.1. The summed E-state index contributed by atoms with van der Waals surface area (Å²) in [6.07, 6.45) is 0.437. The molecule has 2 N–H and O–H groups in total. The third kappa shape index (κ3) is 8.18. The van der Waals surface area contributed by atoms with Gasteiger partial charge >= 0.3 is 0 Å². The minimum absolute atomic E-state index is 0. The second-order valence-corrected chi connectivity index (χ2v) is 5.62. The monoisotopic (exact) mass is 411 g/mol. The molecule has 1 aromatic rings. The molecule has 0 bridgehead atoms. The second-order valence-electron chi connectivity index (χ2n) is 5.62. The van der Waals surface area contributed by atoms with Crippen LogP contribution in [0.15, 0.2) is 23.2 Å². The van der Waals surface area contributed by atoms with Crippen molar-refractivity contribution in [1.82, 2.24) is 10.6 Å². The van der Waals surface area contributed by atoms with Crippen LogP contribution in [0.4, 0.5) is 8.78 Å². The van der Waals surface area contributed by atoms with Gasteiger partial charge in [0.2, 0.25) is 0 Å². The first kappa shape index (κ1) is 20.1. The van der Waals surface area contributed by atoms with E-state index in [-0.39, 0.29) is 29.5 Å². The van der Waals surface area contributed by atoms with Crippen LogP contribution in [0.1, 0.15) is 33.3 Å². The van der Waals surface area contributed by atoms with Gasteiger partial charge in [-0.05, 0) is 45.7 Å². The molecule has 0 saturated carbocycles. The summed E-state index contributed by atoms with van der Waals surface area (Å²) in [6, 6.07) is 3.63. The molecule has 0 aromatic heterocycles. The highest BCUT2D eigenvalue weighted by Gasteiger charge is 2.11. The van der Waals surface area contributed by atoms with Gasteiger partial charge in [0.1, 0.15) is 11.6 Å². The maximum absolute atomic E-state index is 13.5. The molecule has 0 spiro atoms. The Balaban J connectivity index is 0.00000400. The molecule has 0 unspecified atom stereocenters. The largest absolute Gasteiger partial charge is 0.357 e. The first-order valence-electron chi connectivity index (χ1n) is 6.82. The van der Waals surface area contributed by atoms with E-state index in [0.717, 1.165) is 12.6 Å². The van der Waals surface area contributed by atoms with Gasteiger partial charge in [0.25, 0.3) is 0 Å². The van der Waals surface area contributed by atoms with E-state index in [1.165, 1.54) is 12.1 Å². The summed E-state index contributed by atoms with van der Waals surface area (Å²) < 4.78 is 26.3. The Morgan fingerprint density at radius 1 is 1.24 bits per heavy atom. The van der Waals surface area contributed by atoms with E-state index in [9.17, 15) is 8.78 Å². The standard InChI is InChI=1S/C15H23F2N3.HI/c1-5-18-14(20-15(2,3)4)19-9-8-11-6-7-12(16)10-13(11)17;/h6-7,10H,5,8-9H2,1-4H3,(H2,18,19,20);1H. The zero-order chi connectivity index (χ0) is 15.2. The van der Waals surface area contributed by atoms with Crippen molar-refractivity contribution < 1.29 is 8.78 Å². The number of aliphatic imine (C=N–C) groups is 1. The SMILES string of the molecule is CCNC(=NCCc1ccc(F)cc1F)NC(C)(C)C.I. The normalized spacial score (nSPS) is 11.8. The van der Waals surface area contributed by atoms with E-state index in [2.05, 4.69) is 15.6 Å². The van der Waals surface area contributed by atoms with Crippen molar-refractivity contribution in [2.24, 2.45) is 4.99 Å². The number of benzene rings is 1. The summed E-state index contributed by atoms with van der Waals surface area (Å²) >= 11 is 0. The van der Waals surface area contributed by atoms with Gasteiger partial charge in [0.15, 0.2) is 5.96 Å². The van der Waals surface area contributed by atoms with Crippen LogP contribution in [-0.2, 0) is 6.42 Å². The van der Waals surface area contributed by atoms with Crippen LogP contribution in [0.2, 0.25) is 0 Å². The van der Waals surface area contributed by atoms with E-state index in [4.69, 9.17) is 0 Å². The van der Waals surface area contributed by atoms with Crippen molar-refractivity contribution in [3.8, 4) is 0 Å². The van der Waals surface area contributed by atoms with Gasteiger partial charge in [-0.1, -0.05) is 6.07 Å². The highest BCUT2D eigenvalue weighted by atomic mass is 127. The molecule has 0 atom stereocenters. The highest BCUT2D eigenvalue weighted by molar-refractivity contribution is 14.0. The molecule has 1 rings (SSSR count). The predicted molar refractivity (Wildman–Crippen MR) is 94.3 cm³/mol. The Kier molecular flexibility index (Phi) is 8.77. The number of hydrogen-bond acceptors (Lipinski definition) is 1. The molecule has 1 aromatic carbocycles. The fraction of sp³-hybridized carbons (Fsp3) is 0.533. The summed E-state index contributed by atoms with van der Waals surface area (Å²) in [5, 5.41) is 6.39. The number of rotatable bonds is 4. The van der Waals surface area contributed by atoms with Crippen LogP contribution >= 0.6 is 24.0 Å². The lowest BCUT2D eigenvalue weighted by molar-refractivity contribution is 0.501. The fourth-order valence-electron chi connectivity index (χ4n) is 1.67. The number of nitrogens with zero attached hydrogens (tertiary/aromatic N) is 1. The zero-order valence-electron chi connectivity index (χ0n) is 13.0. The van der Waals surface area contributed by atoms with Gasteiger partial charge in [0, 0.05) is 24.7 Å². The molecular formula is C15H24F2IN3. The first-order chi connectivity index (χ1) is 9.31. The zero-order valence-corrected chi connectivity index (χ0v) is 15.3. The van der Waals surface area contributed by atoms with Crippen LogP contribution in [-0.4, -0.2) is 24.6 Å². The smallest absolute Gasteiger partial charge is 0.191 e. The van der Waals surface area contributed by atoms with Crippen molar-refractivity contribution in [3.63, 3.8) is 0 Å². The Bertz CT molecular complexity index is 470. The molecule has 0 heterocycles. The van der Waals surface area contributed by atoms with Crippen molar-refractivity contribution in [3.05, 3.63) is 35.4 Å². The molecule has 0 saturated heterocycles. The van der Waals surface area contributed by atoms with Crippen molar-refractivity contribution in [1.29, 1.82) is 0 Å². The molecule has 0 fully saturated rings. The summed E-state index contributed by atoms with van der Waals surface area (Å²) in [5.74, 6) is -0.381. The van der Waals surface area contributed by atoms with E-state index >= 15 is 0 Å². The van der Waals surface area contributed by atoms with E-state index in [0.29, 0.717) is 24.5 Å². The molecule has 6 heteroatoms. The molecule has 0 radical (unpaired) electrons. The molecule has 0 amide bonds. The lowest BCUT2D eigenvalue weighted by Gasteiger charge is -2.23. The molecule has 120 valence electrons. The number of hydrogen-bond donors (Lipinski definition) is 2. The summed E-state index contributed by atoms with van der Waals surface area (Å²) in [7, 11) is 0. The maximum atomic E-state index is 13.5. The number of nitrogens with one attached hydrogen (secondary N) is 2. The van der Waals surface area contributed by atoms with Crippen LogP contribution < -0.4 is 10.6 Å². The minimum atomic E-state index is -0.558. The van der Waals surface area contributed by atoms with Gasteiger partial charge in [-0.2, -0.15) is 0 Å². The summed E-state index contributed by atoms with van der Waals surface area (Å²) in [5.41, 5.74) is 0.379. The number of halogens is 3. The maximum Gasteiger partial charge on any atom is 0.191 e. The highest BCUT2D eigenvalue weighted by Crippen LogP contribution is 2.10. The van der Waals surface area contributed by atoms with Gasteiger partial charge in [-0.15, -0.1) is 24.0 Å². The van der Waals surface area contributed by atoms with Crippen molar-refractivity contribution >= 4 is 29.9 Å². The van der Waals surface area contributed by atoms with Crippen LogP contribution in [0.3, 0.4) is 0 Å². The molecule has 21 heavy (non-hydrogen) atoms. The minimum Gasteiger partial charge on any atom is -0.357 e. The van der Waals surface area contributed by atoms with Gasteiger partial charge < -0.3 is 10.6 Å². The third-order valence-corrected chi connectivity index (χ3v) is 2.50. The third-order valence-electron chi connectivity index (χ3n) is 2.50. The van der Waals surface area contributed by atoms with E-state index in [1.807, 2.05) is 27.7 Å². The van der Waals surface area contributed by atoms with Crippen molar-refractivity contribution in [2.75, 3.05) is 13.1 Å². The topological polar surface area (TPSA) is 36.4 Å². The summed E-state index contributed by atoms with van der Waals surface area (Å²) in [6.45, 7) is 9.30. The molecular weight excluding hydrogens is 387 g/mol. The molecule has 0 aliphatic heterocycles. The Morgan fingerprint density at radius 2 is 1.90 bits per heavy atom. The van der Waals surface area contributed by atoms with Crippen LogP contribution in [0.5, 0.6) is 0 Å². The second kappa shape index (κ2) is 9.17. The van der Waals surface area contributed by atoms with Gasteiger partial charge in [-0.25, -0.2) is 8.78 Å². The lowest BCUT2D eigenvalue weighted by Crippen LogP contribution is -2.47. The van der Waals surface area contributed by atoms with Gasteiger partial charge in [0.05, 0.1) is 0 Å². The average Bonchev–Trinajstić information content (AvgIpc) is 2.30. The number of guanidine groups is 1. The van der Waals surface area contributed by atoms with Gasteiger partial charge in [-0.3, -0.25) is 4.99 Å². The van der Waals surface area contributed by atoms with E-state index < -0.39 is 11.6 Å². The van der Waals surface area contributed by atoms with Crippen LogP contribution in [0, 0.1) is 11.6 Å². The Hall–Kier alpha value is -0.920. The van der Waals surface area contributed by atoms with Crippen LogP contribution in [0.25, 0.3) is 0 Å². The molecule has 3 nitrogen and oxygen atoms in total. The average molecular weight is 411 g/mol. The Morgan fingerprint density at radius 3 is 2.43 bits per heavy atom. The molecule has 0 aliphatic carbocycles. The Labute approximate surface area is 142 Å². The molecule has 0 aliphatic rings. The quantitative estimate of drug-likeness (QED) is 0.452.